The van der Waals surface area contributed by atoms with Gasteiger partial charge in [-0.15, -0.1) is 0 Å². The molecule has 0 atom stereocenters. The minimum absolute atomic E-state index is 0.174. The molecule has 0 saturated heterocycles. The summed E-state index contributed by atoms with van der Waals surface area (Å²) in [6.45, 7) is 1.74. The molecule has 5 heteroatoms. The summed E-state index contributed by atoms with van der Waals surface area (Å²) in [7, 11) is 0. The Morgan fingerprint density at radius 2 is 1.41 bits per heavy atom. The van der Waals surface area contributed by atoms with Crippen LogP contribution in [0, 0.1) is 6.92 Å². The van der Waals surface area contributed by atoms with Crippen molar-refractivity contribution in [2.45, 2.75) is 19.8 Å². The highest BCUT2D eigenvalue weighted by Crippen LogP contribution is 2.48. The second kappa shape index (κ2) is 9.16. The molecule has 3 rings (SSSR count). The van der Waals surface area contributed by atoms with E-state index in [2.05, 4.69) is 24.3 Å². The first kappa shape index (κ1) is 19.6. The fraction of sp³-hybridized carbons (Fsp3) is 0.227. The van der Waals surface area contributed by atoms with E-state index in [-0.39, 0.29) is 11.2 Å². The van der Waals surface area contributed by atoms with Crippen LogP contribution in [0.25, 0.3) is 0 Å². The lowest BCUT2D eigenvalue weighted by atomic mass is 10.2. The van der Waals surface area contributed by atoms with Gasteiger partial charge in [-0.2, -0.15) is 0 Å². The van der Waals surface area contributed by atoms with Crippen molar-refractivity contribution in [2.75, 3.05) is 12.3 Å². The van der Waals surface area contributed by atoms with Crippen molar-refractivity contribution < 1.29 is 8.94 Å². The summed E-state index contributed by atoms with van der Waals surface area (Å²) >= 11 is 6.01. The molecule has 0 aliphatic rings. The highest BCUT2D eigenvalue weighted by Gasteiger charge is 2.22. The largest absolute Gasteiger partial charge is 0.465 e. The van der Waals surface area contributed by atoms with Crippen molar-refractivity contribution in [3.63, 3.8) is 0 Å². The lowest BCUT2D eigenvalue weighted by Crippen LogP contribution is -2.12. The molecule has 2 aromatic carbocycles. The lowest BCUT2D eigenvalue weighted by Gasteiger charge is -2.24. The Labute approximate surface area is 165 Å². The zero-order chi connectivity index (χ0) is 19.1. The van der Waals surface area contributed by atoms with E-state index in [4.69, 9.17) is 20.7 Å². The molecule has 0 fully saturated rings. The number of benzene rings is 2. The Bertz CT molecular complexity index is 920. The number of rotatable bonds is 8. The van der Waals surface area contributed by atoms with E-state index in [0.29, 0.717) is 5.76 Å². The van der Waals surface area contributed by atoms with Gasteiger partial charge in [0.1, 0.15) is 12.0 Å². The zero-order valence-corrected chi connectivity index (χ0v) is 17.0. The predicted molar refractivity (Wildman–Crippen MR) is 115 cm³/mol. The Morgan fingerprint density at radius 1 is 0.889 bits per heavy atom. The van der Waals surface area contributed by atoms with Crippen molar-refractivity contribution >= 4 is 18.1 Å². The Kier molecular flexibility index (Phi) is 6.65. The maximum absolute atomic E-state index is 12.3. The fourth-order valence-electron chi connectivity index (χ4n) is 2.87. The average Bonchev–Trinajstić information content (AvgIpc) is 2.70. The molecule has 1 heterocycles. The minimum atomic E-state index is -2.25. The molecule has 1 aromatic heterocycles. The summed E-state index contributed by atoms with van der Waals surface area (Å²) < 4.78 is 11.6. The molecule has 140 valence electrons. The second-order valence-electron chi connectivity index (χ2n) is 6.49. The molecule has 0 aliphatic carbocycles. The van der Waals surface area contributed by atoms with Gasteiger partial charge in [0.15, 0.2) is 0 Å². The maximum Gasteiger partial charge on any atom is 0.227 e. The van der Waals surface area contributed by atoms with Crippen molar-refractivity contribution in [1.82, 2.24) is 0 Å². The molecule has 0 bridgehead atoms. The number of hydrogen-bond donors (Lipinski definition) is 0. The molecule has 0 spiro atoms. The third-order valence-corrected chi connectivity index (χ3v) is 8.08. The van der Waals surface area contributed by atoms with Gasteiger partial charge in [0.2, 0.25) is 11.2 Å². The molecule has 0 N–H and O–H groups in total. The number of hydrogen-bond acceptors (Lipinski definition) is 4. The van der Waals surface area contributed by atoms with Crippen LogP contribution >= 0.6 is 6.26 Å². The maximum atomic E-state index is 12.3. The third kappa shape index (κ3) is 5.66. The van der Waals surface area contributed by atoms with Crippen LogP contribution in [0.4, 0.5) is 0 Å². The topological polar surface area (TPSA) is 39.4 Å². The van der Waals surface area contributed by atoms with Crippen molar-refractivity contribution in [3.8, 4) is 5.75 Å². The van der Waals surface area contributed by atoms with E-state index < -0.39 is 6.26 Å². The zero-order valence-electron chi connectivity index (χ0n) is 15.3. The van der Waals surface area contributed by atoms with Crippen molar-refractivity contribution in [1.29, 1.82) is 0 Å². The monoisotopic (exact) mass is 398 g/mol. The third-order valence-electron chi connectivity index (χ3n) is 4.43. The standard InChI is InChI=1S/C22H23O3PS/c1-18-22(21(23)12-15-24-18)25-26(27,16-13-19-8-4-2-5-9-19)17-14-20-10-6-3-7-11-20/h2-12,15H,13-14,16-17H2,1H3. The van der Waals surface area contributed by atoms with Gasteiger partial charge in [0.25, 0.3) is 0 Å². The van der Waals surface area contributed by atoms with E-state index in [0.717, 1.165) is 25.2 Å². The van der Waals surface area contributed by atoms with Crippen molar-refractivity contribution in [2.24, 2.45) is 0 Å². The van der Waals surface area contributed by atoms with E-state index in [1.807, 2.05) is 36.4 Å². The summed E-state index contributed by atoms with van der Waals surface area (Å²) in [6, 6.07) is 21.9. The lowest BCUT2D eigenvalue weighted by molar-refractivity contribution is 0.470. The van der Waals surface area contributed by atoms with Crippen LogP contribution < -0.4 is 9.95 Å². The van der Waals surface area contributed by atoms with E-state index in [1.54, 1.807) is 6.92 Å². The van der Waals surface area contributed by atoms with Gasteiger partial charge in [0.05, 0.1) is 6.26 Å². The van der Waals surface area contributed by atoms with Gasteiger partial charge in [-0.3, -0.25) is 4.79 Å². The van der Waals surface area contributed by atoms with Gasteiger partial charge in [-0.1, -0.05) is 72.5 Å². The first-order chi connectivity index (χ1) is 13.1. The molecule has 0 unspecified atom stereocenters. The summed E-state index contributed by atoms with van der Waals surface area (Å²) in [5, 5.41) is 0. The van der Waals surface area contributed by atoms with Gasteiger partial charge in [-0.25, -0.2) is 0 Å². The highest BCUT2D eigenvalue weighted by molar-refractivity contribution is 8.12. The molecule has 0 radical (unpaired) electrons. The number of aryl methyl sites for hydroxylation is 3. The quantitative estimate of drug-likeness (QED) is 0.489. The van der Waals surface area contributed by atoms with Gasteiger partial charge >= 0.3 is 0 Å². The van der Waals surface area contributed by atoms with Crippen LogP contribution in [0.3, 0.4) is 0 Å². The van der Waals surface area contributed by atoms with Gasteiger partial charge in [-0.05, 0) is 30.9 Å². The Balaban J connectivity index is 1.80. The normalized spacial score (nSPS) is 11.3. The first-order valence-corrected chi connectivity index (χ1v) is 12.1. The molecule has 0 amide bonds. The highest BCUT2D eigenvalue weighted by atomic mass is 32.4. The molecule has 0 saturated carbocycles. The average molecular weight is 398 g/mol. The van der Waals surface area contributed by atoms with Crippen LogP contribution in [0.2, 0.25) is 0 Å². The van der Waals surface area contributed by atoms with Crippen LogP contribution in [0.1, 0.15) is 16.9 Å². The molecular weight excluding hydrogens is 375 g/mol. The van der Waals surface area contributed by atoms with Crippen LogP contribution in [-0.2, 0) is 24.6 Å². The van der Waals surface area contributed by atoms with Crippen LogP contribution in [0.5, 0.6) is 5.75 Å². The Morgan fingerprint density at radius 3 is 1.89 bits per heavy atom. The smallest absolute Gasteiger partial charge is 0.227 e. The summed E-state index contributed by atoms with van der Waals surface area (Å²) in [6.07, 6.45) is 2.30. The summed E-state index contributed by atoms with van der Waals surface area (Å²) in [4.78, 5) is 12.3. The Hall–Kier alpha value is -2.16. The van der Waals surface area contributed by atoms with Gasteiger partial charge in [0, 0.05) is 18.4 Å². The molecule has 3 nitrogen and oxygen atoms in total. The van der Waals surface area contributed by atoms with Crippen LogP contribution in [-0.4, -0.2) is 12.3 Å². The first-order valence-electron chi connectivity index (χ1n) is 9.00. The summed E-state index contributed by atoms with van der Waals surface area (Å²) in [5.74, 6) is 0.748. The SMILES string of the molecule is Cc1occc(=O)c1OP(=S)(CCc1ccccc1)CCc1ccccc1. The van der Waals surface area contributed by atoms with Crippen LogP contribution in [0.15, 0.2) is 82.2 Å². The van der Waals surface area contributed by atoms with Crippen molar-refractivity contribution in [3.05, 3.63) is 100 Å². The molecule has 27 heavy (non-hydrogen) atoms. The molecular formula is C22H23O3PS. The van der Waals surface area contributed by atoms with Gasteiger partial charge < -0.3 is 8.94 Å². The second-order valence-corrected chi connectivity index (χ2v) is 11.2. The fourth-order valence-corrected chi connectivity index (χ4v) is 5.79. The minimum Gasteiger partial charge on any atom is -0.465 e. The molecule has 0 aliphatic heterocycles. The molecule has 3 aromatic rings. The predicted octanol–water partition coefficient (Wildman–Crippen LogP) is 5.21. The van der Waals surface area contributed by atoms with E-state index >= 15 is 0 Å². The van der Waals surface area contributed by atoms with E-state index in [9.17, 15) is 4.79 Å². The summed E-state index contributed by atoms with van der Waals surface area (Å²) in [5.41, 5.74) is 2.28. The van der Waals surface area contributed by atoms with E-state index in [1.165, 1.54) is 23.5 Å².